The Bertz CT molecular complexity index is 456. The third kappa shape index (κ3) is 2.55. The number of aromatic nitrogens is 3. The van der Waals surface area contributed by atoms with E-state index in [4.69, 9.17) is 4.74 Å². The molecule has 1 aromatic rings. The van der Waals surface area contributed by atoms with Gasteiger partial charge in [-0.3, -0.25) is 9.48 Å². The Balaban J connectivity index is 1.48. The van der Waals surface area contributed by atoms with Crippen LogP contribution in [0.15, 0.2) is 12.7 Å². The number of aliphatic hydroxyl groups excluding tert-OH is 1. The molecule has 1 aromatic heterocycles. The zero-order chi connectivity index (χ0) is 14.0. The molecular weight excluding hydrogens is 260 g/mol. The van der Waals surface area contributed by atoms with Crippen LogP contribution in [0, 0.1) is 0 Å². The van der Waals surface area contributed by atoms with E-state index in [1.54, 1.807) is 15.9 Å². The number of nitrogens with zero attached hydrogens (tertiary/aromatic N) is 4. The molecule has 2 fully saturated rings. The minimum atomic E-state index is -0.552. The largest absolute Gasteiger partial charge is 0.388 e. The van der Waals surface area contributed by atoms with Crippen molar-refractivity contribution in [3.8, 4) is 0 Å². The van der Waals surface area contributed by atoms with Crippen LogP contribution in [0.5, 0.6) is 0 Å². The molecule has 2 aliphatic heterocycles. The molecule has 0 saturated carbocycles. The van der Waals surface area contributed by atoms with E-state index in [1.807, 2.05) is 0 Å². The van der Waals surface area contributed by atoms with E-state index >= 15 is 0 Å². The number of amides is 1. The monoisotopic (exact) mass is 280 g/mol. The predicted octanol–water partition coefficient (Wildman–Crippen LogP) is -0.189. The lowest BCUT2D eigenvalue weighted by atomic mass is 9.97. The van der Waals surface area contributed by atoms with Crippen molar-refractivity contribution in [1.29, 1.82) is 0 Å². The lowest BCUT2D eigenvalue weighted by Crippen LogP contribution is -2.41. The zero-order valence-electron chi connectivity index (χ0n) is 11.4. The van der Waals surface area contributed by atoms with Crippen LogP contribution in [0.1, 0.15) is 25.7 Å². The van der Waals surface area contributed by atoms with Gasteiger partial charge in [-0.2, -0.15) is 5.10 Å². The molecule has 110 valence electrons. The van der Waals surface area contributed by atoms with Crippen LogP contribution >= 0.6 is 0 Å². The molecule has 3 rings (SSSR count). The van der Waals surface area contributed by atoms with E-state index in [0.717, 1.165) is 19.3 Å². The molecule has 3 heterocycles. The van der Waals surface area contributed by atoms with Gasteiger partial charge >= 0.3 is 0 Å². The summed E-state index contributed by atoms with van der Waals surface area (Å²) in [6, 6.07) is 0. The van der Waals surface area contributed by atoms with Gasteiger partial charge in [0, 0.05) is 26.1 Å². The molecule has 7 nitrogen and oxygen atoms in total. The minimum absolute atomic E-state index is 0.0801. The molecule has 2 aliphatic rings. The van der Waals surface area contributed by atoms with Gasteiger partial charge in [-0.1, -0.05) is 0 Å². The number of rotatable bonds is 4. The summed E-state index contributed by atoms with van der Waals surface area (Å²) in [7, 11) is 0. The fourth-order valence-electron chi connectivity index (χ4n) is 3.06. The van der Waals surface area contributed by atoms with Crippen molar-refractivity contribution < 1.29 is 14.6 Å². The van der Waals surface area contributed by atoms with Crippen LogP contribution in [0.2, 0.25) is 0 Å². The standard InChI is InChI=1S/C13H20N4O3/c18-11-7-16(8-13(11)4-2-6-20-13)12(19)3-1-5-17-10-14-9-15-17/h9-11,18H,1-8H2/t11-,13-/m0/s1. The molecule has 0 unspecified atom stereocenters. The smallest absolute Gasteiger partial charge is 0.222 e. The van der Waals surface area contributed by atoms with Gasteiger partial charge in [0.25, 0.3) is 0 Å². The predicted molar refractivity (Wildman–Crippen MR) is 69.8 cm³/mol. The highest BCUT2D eigenvalue weighted by molar-refractivity contribution is 5.76. The van der Waals surface area contributed by atoms with Crippen LogP contribution in [-0.4, -0.2) is 62.1 Å². The van der Waals surface area contributed by atoms with Crippen molar-refractivity contribution in [1.82, 2.24) is 19.7 Å². The first-order chi connectivity index (χ1) is 9.70. The second-order valence-corrected chi connectivity index (χ2v) is 5.57. The Morgan fingerprint density at radius 1 is 1.55 bits per heavy atom. The summed E-state index contributed by atoms with van der Waals surface area (Å²) in [6.45, 7) is 2.29. The number of hydrogen-bond acceptors (Lipinski definition) is 5. The maximum atomic E-state index is 12.2. The summed E-state index contributed by atoms with van der Waals surface area (Å²) in [6.07, 6.45) is 5.57. The van der Waals surface area contributed by atoms with Crippen molar-refractivity contribution >= 4 is 5.91 Å². The number of hydrogen-bond donors (Lipinski definition) is 1. The first kappa shape index (κ1) is 13.5. The van der Waals surface area contributed by atoms with E-state index in [2.05, 4.69) is 10.1 Å². The van der Waals surface area contributed by atoms with Crippen molar-refractivity contribution in [2.45, 2.75) is 43.9 Å². The van der Waals surface area contributed by atoms with Gasteiger partial charge in [-0.05, 0) is 19.3 Å². The highest BCUT2D eigenvalue weighted by Gasteiger charge is 2.50. The molecule has 0 bridgehead atoms. The lowest BCUT2D eigenvalue weighted by molar-refractivity contribution is -0.131. The summed E-state index contributed by atoms with van der Waals surface area (Å²) in [5, 5.41) is 14.1. The normalized spacial score (nSPS) is 29.4. The van der Waals surface area contributed by atoms with Crippen molar-refractivity contribution in [3.63, 3.8) is 0 Å². The molecule has 0 aromatic carbocycles. The second-order valence-electron chi connectivity index (χ2n) is 5.57. The van der Waals surface area contributed by atoms with Crippen LogP contribution < -0.4 is 0 Å². The SMILES string of the molecule is O=C(CCCn1cncn1)N1C[C@H](O)[C@]2(CCCO2)C1. The Morgan fingerprint density at radius 3 is 3.15 bits per heavy atom. The van der Waals surface area contributed by atoms with E-state index < -0.39 is 11.7 Å². The van der Waals surface area contributed by atoms with E-state index in [9.17, 15) is 9.90 Å². The fraction of sp³-hybridized carbons (Fsp3) is 0.769. The Morgan fingerprint density at radius 2 is 2.45 bits per heavy atom. The average molecular weight is 280 g/mol. The van der Waals surface area contributed by atoms with E-state index in [0.29, 0.717) is 32.7 Å². The van der Waals surface area contributed by atoms with Gasteiger partial charge in [0.1, 0.15) is 24.4 Å². The summed E-state index contributed by atoms with van der Waals surface area (Å²) in [5.41, 5.74) is -0.498. The van der Waals surface area contributed by atoms with Crippen LogP contribution in [0.3, 0.4) is 0 Å². The average Bonchev–Trinajstić information content (AvgIpc) is 3.14. The first-order valence-corrected chi connectivity index (χ1v) is 7.12. The molecule has 0 aliphatic carbocycles. The van der Waals surface area contributed by atoms with Crippen molar-refractivity contribution in [2.24, 2.45) is 0 Å². The van der Waals surface area contributed by atoms with Crippen molar-refractivity contribution in [3.05, 3.63) is 12.7 Å². The highest BCUT2D eigenvalue weighted by Crippen LogP contribution is 2.35. The summed E-state index contributed by atoms with van der Waals surface area (Å²) in [5.74, 6) is 0.0801. The highest BCUT2D eigenvalue weighted by atomic mass is 16.5. The molecule has 2 atom stereocenters. The summed E-state index contributed by atoms with van der Waals surface area (Å²) < 4.78 is 7.41. The molecule has 1 N–H and O–H groups in total. The third-order valence-electron chi connectivity index (χ3n) is 4.19. The quantitative estimate of drug-likeness (QED) is 0.827. The number of aliphatic hydroxyl groups is 1. The summed E-state index contributed by atoms with van der Waals surface area (Å²) in [4.78, 5) is 17.8. The molecule has 7 heteroatoms. The maximum absolute atomic E-state index is 12.2. The zero-order valence-corrected chi connectivity index (χ0v) is 11.4. The van der Waals surface area contributed by atoms with Crippen molar-refractivity contribution in [2.75, 3.05) is 19.7 Å². The fourth-order valence-corrected chi connectivity index (χ4v) is 3.06. The number of aryl methyl sites for hydroxylation is 1. The molecule has 2 saturated heterocycles. The van der Waals surface area contributed by atoms with Crippen LogP contribution in [0.25, 0.3) is 0 Å². The van der Waals surface area contributed by atoms with Crippen LogP contribution in [-0.2, 0) is 16.1 Å². The molecular formula is C13H20N4O3. The Hall–Kier alpha value is -1.47. The molecule has 1 amide bonds. The minimum Gasteiger partial charge on any atom is -0.388 e. The number of likely N-dealkylation sites (tertiary alicyclic amines) is 1. The number of ether oxygens (including phenoxy) is 1. The van der Waals surface area contributed by atoms with Gasteiger partial charge in [0.2, 0.25) is 5.91 Å². The van der Waals surface area contributed by atoms with Crippen LogP contribution in [0.4, 0.5) is 0 Å². The molecule has 20 heavy (non-hydrogen) atoms. The van der Waals surface area contributed by atoms with E-state index in [1.165, 1.54) is 6.33 Å². The lowest BCUT2D eigenvalue weighted by Gasteiger charge is -2.25. The number of carbonyl (C=O) groups excluding carboxylic acids is 1. The first-order valence-electron chi connectivity index (χ1n) is 7.12. The third-order valence-corrected chi connectivity index (χ3v) is 4.19. The van der Waals surface area contributed by atoms with Gasteiger partial charge in [-0.15, -0.1) is 0 Å². The number of carbonyl (C=O) groups is 1. The molecule has 0 radical (unpaired) electrons. The topological polar surface area (TPSA) is 80.5 Å². The Kier molecular flexibility index (Phi) is 3.71. The van der Waals surface area contributed by atoms with Gasteiger partial charge in [-0.25, -0.2) is 4.98 Å². The number of β-amino-alcohol motifs (C(OH)–C–C–N with tert-alkyl or cyclic N) is 1. The maximum Gasteiger partial charge on any atom is 0.222 e. The summed E-state index contributed by atoms with van der Waals surface area (Å²) >= 11 is 0. The molecule has 1 spiro atoms. The Labute approximate surface area is 117 Å². The second kappa shape index (κ2) is 5.49. The van der Waals surface area contributed by atoms with Gasteiger partial charge in [0.15, 0.2) is 0 Å². The van der Waals surface area contributed by atoms with Gasteiger partial charge < -0.3 is 14.7 Å². The van der Waals surface area contributed by atoms with E-state index in [-0.39, 0.29) is 5.91 Å². The van der Waals surface area contributed by atoms with Gasteiger partial charge in [0.05, 0.1) is 6.54 Å².